The summed E-state index contributed by atoms with van der Waals surface area (Å²) in [7, 11) is 2.15. The highest BCUT2D eigenvalue weighted by Crippen LogP contribution is 2.20. The molecular weight excluding hydrogens is 328 g/mol. The molecule has 2 aliphatic rings. The molecule has 1 aromatic heterocycles. The van der Waals surface area contributed by atoms with Gasteiger partial charge in [0.25, 0.3) is 0 Å². The summed E-state index contributed by atoms with van der Waals surface area (Å²) in [6.07, 6.45) is -0.326. The van der Waals surface area contributed by atoms with E-state index in [0.717, 1.165) is 54.9 Å². The molecule has 1 aromatic carbocycles. The Morgan fingerprint density at radius 1 is 1.15 bits per heavy atom. The second-order valence-electron chi connectivity index (χ2n) is 7.88. The Morgan fingerprint density at radius 3 is 2.69 bits per heavy atom. The molecule has 6 heteroatoms. The maximum Gasteiger partial charge on any atom is 0.189 e. The second kappa shape index (κ2) is 7.12. The van der Waals surface area contributed by atoms with E-state index in [1.54, 1.807) is 6.07 Å². The molecule has 4 rings (SSSR count). The first kappa shape index (κ1) is 17.7. The van der Waals surface area contributed by atoms with Crippen LogP contribution in [-0.2, 0) is 6.54 Å². The number of aromatic nitrogens is 1. The normalized spacial score (nSPS) is 26.0. The number of hydrogen-bond acceptors (Lipinski definition) is 5. The number of aryl methyl sites for hydroxylation is 1. The molecule has 0 unspecified atom stereocenters. The van der Waals surface area contributed by atoms with Gasteiger partial charge in [-0.1, -0.05) is 11.6 Å². The molecule has 2 fully saturated rings. The highest BCUT2D eigenvalue weighted by atomic mass is 16.3. The van der Waals surface area contributed by atoms with Crippen LogP contribution in [0.15, 0.2) is 29.1 Å². The summed E-state index contributed by atoms with van der Waals surface area (Å²) in [5.74, 6) is 0. The van der Waals surface area contributed by atoms with Gasteiger partial charge in [-0.3, -0.25) is 14.6 Å². The first-order chi connectivity index (χ1) is 12.5. The molecule has 140 valence electrons. The number of pyridine rings is 1. The van der Waals surface area contributed by atoms with Crippen LogP contribution in [0.1, 0.15) is 11.3 Å². The van der Waals surface area contributed by atoms with Gasteiger partial charge < -0.3 is 15.0 Å². The quantitative estimate of drug-likeness (QED) is 0.845. The van der Waals surface area contributed by atoms with Crippen molar-refractivity contribution >= 4 is 10.9 Å². The number of piperazine rings is 1. The number of aliphatic hydroxyl groups excluding tert-OH is 1. The van der Waals surface area contributed by atoms with E-state index in [1.807, 2.05) is 25.1 Å². The Bertz CT molecular complexity index is 841. The zero-order valence-corrected chi connectivity index (χ0v) is 15.6. The van der Waals surface area contributed by atoms with Crippen molar-refractivity contribution in [3.8, 4) is 0 Å². The van der Waals surface area contributed by atoms with Gasteiger partial charge in [-0.05, 0) is 26.1 Å². The van der Waals surface area contributed by atoms with E-state index in [4.69, 9.17) is 0 Å². The molecular formula is C20H28N4O2. The van der Waals surface area contributed by atoms with E-state index in [-0.39, 0.29) is 17.6 Å². The summed E-state index contributed by atoms with van der Waals surface area (Å²) < 4.78 is 0. The molecule has 2 aromatic rings. The largest absolute Gasteiger partial charge is 0.390 e. The number of nitrogens with zero attached hydrogens (tertiary/aromatic N) is 3. The maximum atomic E-state index is 12.4. The fourth-order valence-corrected chi connectivity index (χ4v) is 4.23. The molecule has 0 aliphatic carbocycles. The Kier molecular flexibility index (Phi) is 4.84. The number of aliphatic hydroxyl groups is 1. The molecule has 0 spiro atoms. The van der Waals surface area contributed by atoms with Crippen molar-refractivity contribution in [3.63, 3.8) is 0 Å². The van der Waals surface area contributed by atoms with Crippen LogP contribution in [-0.4, -0.2) is 83.3 Å². The summed E-state index contributed by atoms with van der Waals surface area (Å²) in [6.45, 7) is 8.30. The number of H-pyrrole nitrogens is 1. The van der Waals surface area contributed by atoms with Crippen molar-refractivity contribution < 1.29 is 5.11 Å². The highest BCUT2D eigenvalue weighted by Gasteiger charge is 2.36. The molecule has 0 radical (unpaired) electrons. The van der Waals surface area contributed by atoms with Crippen LogP contribution in [0.4, 0.5) is 0 Å². The number of nitrogens with one attached hydrogen (secondary N) is 1. The number of aromatic amines is 1. The monoisotopic (exact) mass is 356 g/mol. The smallest absolute Gasteiger partial charge is 0.189 e. The second-order valence-corrected chi connectivity index (χ2v) is 7.88. The minimum absolute atomic E-state index is 0.0628. The molecule has 0 amide bonds. The van der Waals surface area contributed by atoms with Crippen molar-refractivity contribution in [1.29, 1.82) is 0 Å². The van der Waals surface area contributed by atoms with Gasteiger partial charge in [0.1, 0.15) is 0 Å². The molecule has 2 saturated heterocycles. The van der Waals surface area contributed by atoms with Crippen molar-refractivity contribution in [1.82, 2.24) is 19.7 Å². The van der Waals surface area contributed by atoms with Gasteiger partial charge in [0.2, 0.25) is 0 Å². The minimum Gasteiger partial charge on any atom is -0.390 e. The number of rotatable bonds is 3. The number of likely N-dealkylation sites (tertiary alicyclic amines) is 1. The lowest BCUT2D eigenvalue weighted by atomic mass is 10.1. The molecule has 2 N–H and O–H groups in total. The SMILES string of the molecule is Cc1ccc2[nH]c(CN3C[C@H](O)[C@@H](N4CCN(C)CC4)C3)cc(=O)c2c1. The Hall–Kier alpha value is -1.73. The van der Waals surface area contributed by atoms with Crippen LogP contribution >= 0.6 is 0 Å². The summed E-state index contributed by atoms with van der Waals surface area (Å²) in [5, 5.41) is 11.3. The molecule has 2 aliphatic heterocycles. The Balaban J connectivity index is 1.47. The first-order valence-electron chi connectivity index (χ1n) is 9.45. The van der Waals surface area contributed by atoms with E-state index in [1.165, 1.54) is 0 Å². The van der Waals surface area contributed by atoms with Gasteiger partial charge in [0.15, 0.2) is 5.43 Å². The number of benzene rings is 1. The van der Waals surface area contributed by atoms with E-state index >= 15 is 0 Å². The summed E-state index contributed by atoms with van der Waals surface area (Å²) in [4.78, 5) is 22.8. The lowest BCUT2D eigenvalue weighted by molar-refractivity contribution is 0.0512. The fraction of sp³-hybridized carbons (Fsp3) is 0.550. The van der Waals surface area contributed by atoms with Crippen LogP contribution < -0.4 is 5.43 Å². The number of likely N-dealkylation sites (N-methyl/N-ethyl adjacent to an activating group) is 1. The third-order valence-electron chi connectivity index (χ3n) is 5.78. The van der Waals surface area contributed by atoms with Crippen molar-refractivity contribution in [2.45, 2.75) is 25.6 Å². The zero-order valence-electron chi connectivity index (χ0n) is 15.6. The van der Waals surface area contributed by atoms with Crippen LogP contribution in [0.5, 0.6) is 0 Å². The van der Waals surface area contributed by atoms with Crippen LogP contribution in [0, 0.1) is 6.92 Å². The van der Waals surface area contributed by atoms with Crippen molar-refractivity contribution in [2.24, 2.45) is 0 Å². The predicted octanol–water partition coefficient (Wildman–Crippen LogP) is 0.629. The third kappa shape index (κ3) is 3.55. The molecule has 0 saturated carbocycles. The first-order valence-corrected chi connectivity index (χ1v) is 9.45. The Labute approximate surface area is 154 Å². The van der Waals surface area contributed by atoms with E-state index in [0.29, 0.717) is 13.1 Å². The molecule has 6 nitrogen and oxygen atoms in total. The molecule has 3 heterocycles. The van der Waals surface area contributed by atoms with Gasteiger partial charge >= 0.3 is 0 Å². The average molecular weight is 356 g/mol. The predicted molar refractivity (Wildman–Crippen MR) is 103 cm³/mol. The van der Waals surface area contributed by atoms with Gasteiger partial charge in [-0.25, -0.2) is 0 Å². The molecule has 2 atom stereocenters. The average Bonchev–Trinajstić information content (AvgIpc) is 2.96. The summed E-state index contributed by atoms with van der Waals surface area (Å²) in [5.41, 5.74) is 2.95. The number of β-amino-alcohol motifs (C(OH)–C–C–N with tert-alkyl or cyclic N) is 1. The van der Waals surface area contributed by atoms with Crippen molar-refractivity contribution in [2.75, 3.05) is 46.3 Å². The Morgan fingerprint density at radius 2 is 1.92 bits per heavy atom. The molecule has 0 bridgehead atoms. The van der Waals surface area contributed by atoms with Gasteiger partial charge in [0, 0.05) is 74.5 Å². The lowest BCUT2D eigenvalue weighted by Gasteiger charge is -2.37. The van der Waals surface area contributed by atoms with Crippen LogP contribution in [0.2, 0.25) is 0 Å². The minimum atomic E-state index is -0.326. The number of fused-ring (bicyclic) bond motifs is 1. The van der Waals surface area contributed by atoms with Gasteiger partial charge in [-0.15, -0.1) is 0 Å². The number of hydrogen-bond donors (Lipinski definition) is 2. The zero-order chi connectivity index (χ0) is 18.3. The van der Waals surface area contributed by atoms with E-state index in [9.17, 15) is 9.90 Å². The van der Waals surface area contributed by atoms with Crippen molar-refractivity contribution in [3.05, 3.63) is 45.7 Å². The van der Waals surface area contributed by atoms with Crippen LogP contribution in [0.3, 0.4) is 0 Å². The maximum absolute atomic E-state index is 12.4. The lowest BCUT2D eigenvalue weighted by Crippen LogP contribution is -2.52. The highest BCUT2D eigenvalue weighted by molar-refractivity contribution is 5.79. The fourth-order valence-electron chi connectivity index (χ4n) is 4.23. The van der Waals surface area contributed by atoms with E-state index in [2.05, 4.69) is 26.7 Å². The summed E-state index contributed by atoms with van der Waals surface area (Å²) >= 11 is 0. The van der Waals surface area contributed by atoms with E-state index < -0.39 is 0 Å². The van der Waals surface area contributed by atoms with Gasteiger partial charge in [-0.2, -0.15) is 0 Å². The molecule has 26 heavy (non-hydrogen) atoms. The van der Waals surface area contributed by atoms with Gasteiger partial charge in [0.05, 0.1) is 6.10 Å². The topological polar surface area (TPSA) is 62.8 Å². The van der Waals surface area contributed by atoms with Crippen LogP contribution in [0.25, 0.3) is 10.9 Å². The standard InChI is InChI=1S/C20H28N4O2/c1-14-3-4-17-16(9-14)19(25)10-15(21-17)11-23-12-18(20(26)13-23)24-7-5-22(2)6-8-24/h3-4,9-10,18,20,26H,5-8,11-13H2,1-2H3,(H,21,25)/t18-,20-/m0/s1. The third-order valence-corrected chi connectivity index (χ3v) is 5.78. The summed E-state index contributed by atoms with van der Waals surface area (Å²) in [6, 6.07) is 7.82.